The highest BCUT2D eigenvalue weighted by Crippen LogP contribution is 2.24. The van der Waals surface area contributed by atoms with E-state index in [4.69, 9.17) is 0 Å². The second-order valence-electron chi connectivity index (χ2n) is 5.22. The van der Waals surface area contributed by atoms with Crippen LogP contribution in [0.25, 0.3) is 0 Å². The zero-order valence-electron chi connectivity index (χ0n) is 11.7. The van der Waals surface area contributed by atoms with E-state index in [0.29, 0.717) is 0 Å². The predicted octanol–water partition coefficient (Wildman–Crippen LogP) is 0.0304. The summed E-state index contributed by atoms with van der Waals surface area (Å²) in [7, 11) is -3.69. The van der Waals surface area contributed by atoms with Crippen molar-refractivity contribution in [3.8, 4) is 0 Å². The molecule has 0 aliphatic heterocycles. The van der Waals surface area contributed by atoms with Gasteiger partial charge in [0.25, 0.3) is 5.56 Å². The van der Waals surface area contributed by atoms with E-state index in [1.54, 1.807) is 12.1 Å². The number of aryl methyl sites for hydroxylation is 2. The van der Waals surface area contributed by atoms with Crippen LogP contribution in [0.3, 0.4) is 0 Å². The van der Waals surface area contributed by atoms with Crippen LogP contribution < -0.4 is 16.0 Å². The highest BCUT2D eigenvalue weighted by Gasteiger charge is 2.18. The quantitative estimate of drug-likeness (QED) is 0.737. The van der Waals surface area contributed by atoms with Crippen LogP contribution in [0, 0.1) is 0 Å². The molecule has 0 saturated heterocycles. The van der Waals surface area contributed by atoms with Gasteiger partial charge in [-0.05, 0) is 42.5 Å². The van der Waals surface area contributed by atoms with E-state index < -0.39 is 21.3 Å². The molecule has 3 N–H and O–H groups in total. The summed E-state index contributed by atoms with van der Waals surface area (Å²) in [6.45, 7) is -0.154. The zero-order chi connectivity index (χ0) is 15.7. The minimum absolute atomic E-state index is 0.154. The molecule has 0 bridgehead atoms. The monoisotopic (exact) mass is 321 g/mol. The number of hydrogen-bond acceptors (Lipinski definition) is 4. The smallest absolute Gasteiger partial charge is 0.310 e. The fraction of sp³-hybridized carbons (Fsp3) is 0.286. The van der Waals surface area contributed by atoms with Gasteiger partial charge in [0.2, 0.25) is 10.0 Å². The lowest BCUT2D eigenvalue weighted by atomic mass is 10.1. The summed E-state index contributed by atoms with van der Waals surface area (Å²) in [5.41, 5.74) is 1.22. The number of aromatic amines is 2. The number of rotatable bonds is 4. The van der Waals surface area contributed by atoms with Crippen LogP contribution in [0.1, 0.15) is 23.2 Å². The molecule has 1 aliphatic rings. The first-order valence-electron chi connectivity index (χ1n) is 6.88. The lowest BCUT2D eigenvalue weighted by Crippen LogP contribution is -2.28. The summed E-state index contributed by atoms with van der Waals surface area (Å²) in [6.07, 6.45) is 2.91. The molecule has 1 aromatic heterocycles. The maximum Gasteiger partial charge on any atom is 0.325 e. The van der Waals surface area contributed by atoms with Gasteiger partial charge in [0.05, 0.1) is 11.4 Å². The normalized spacial score (nSPS) is 14.0. The molecule has 0 atom stereocenters. The van der Waals surface area contributed by atoms with Crippen LogP contribution in [-0.2, 0) is 29.4 Å². The van der Waals surface area contributed by atoms with Crippen molar-refractivity contribution < 1.29 is 8.42 Å². The van der Waals surface area contributed by atoms with Gasteiger partial charge in [-0.25, -0.2) is 17.9 Å². The molecule has 0 saturated carbocycles. The van der Waals surface area contributed by atoms with Crippen molar-refractivity contribution in [1.29, 1.82) is 0 Å². The first kappa shape index (κ1) is 14.7. The van der Waals surface area contributed by atoms with Gasteiger partial charge in [-0.1, -0.05) is 6.07 Å². The van der Waals surface area contributed by atoms with Crippen molar-refractivity contribution in [3.05, 3.63) is 61.9 Å². The number of H-pyrrole nitrogens is 2. The molecule has 1 heterocycles. The molecule has 1 aromatic carbocycles. The first-order chi connectivity index (χ1) is 10.4. The van der Waals surface area contributed by atoms with Gasteiger partial charge >= 0.3 is 5.69 Å². The van der Waals surface area contributed by atoms with Gasteiger partial charge in [-0.15, -0.1) is 0 Å². The number of nitrogens with one attached hydrogen (secondary N) is 3. The summed E-state index contributed by atoms with van der Waals surface area (Å²) < 4.78 is 27.0. The Labute approximate surface area is 126 Å². The minimum Gasteiger partial charge on any atom is -0.310 e. The van der Waals surface area contributed by atoms with E-state index >= 15 is 0 Å². The molecule has 0 amide bonds. The third kappa shape index (κ3) is 3.02. The van der Waals surface area contributed by atoms with Crippen molar-refractivity contribution in [1.82, 2.24) is 14.7 Å². The van der Waals surface area contributed by atoms with Crippen LogP contribution in [0.2, 0.25) is 0 Å². The van der Waals surface area contributed by atoms with E-state index in [2.05, 4.69) is 9.71 Å². The number of fused-ring (bicyclic) bond motifs is 1. The number of aromatic nitrogens is 2. The summed E-state index contributed by atoms with van der Waals surface area (Å²) in [5.74, 6) is 0. The van der Waals surface area contributed by atoms with Gasteiger partial charge in [-0.3, -0.25) is 9.78 Å². The largest absolute Gasteiger partial charge is 0.325 e. The highest BCUT2D eigenvalue weighted by molar-refractivity contribution is 7.89. The lowest BCUT2D eigenvalue weighted by Gasteiger charge is -2.08. The Kier molecular flexibility index (Phi) is 3.71. The molecule has 0 spiro atoms. The van der Waals surface area contributed by atoms with E-state index in [0.717, 1.165) is 30.9 Å². The Balaban J connectivity index is 1.81. The van der Waals surface area contributed by atoms with Crippen LogP contribution in [0.4, 0.5) is 0 Å². The summed E-state index contributed by atoms with van der Waals surface area (Å²) >= 11 is 0. The molecule has 2 aromatic rings. The van der Waals surface area contributed by atoms with Crippen molar-refractivity contribution in [2.45, 2.75) is 30.7 Å². The minimum atomic E-state index is -3.69. The Bertz CT molecular complexity index is 899. The number of benzene rings is 1. The average molecular weight is 321 g/mol. The van der Waals surface area contributed by atoms with E-state index in [1.807, 2.05) is 11.1 Å². The van der Waals surface area contributed by atoms with Crippen LogP contribution in [0.5, 0.6) is 0 Å². The van der Waals surface area contributed by atoms with Crippen molar-refractivity contribution >= 4 is 10.0 Å². The van der Waals surface area contributed by atoms with Gasteiger partial charge in [0, 0.05) is 11.8 Å². The third-order valence-electron chi connectivity index (χ3n) is 3.65. The molecule has 116 valence electrons. The zero-order valence-corrected chi connectivity index (χ0v) is 12.5. The summed E-state index contributed by atoms with van der Waals surface area (Å²) in [5, 5.41) is 0. The Morgan fingerprint density at radius 1 is 1.05 bits per heavy atom. The predicted molar refractivity (Wildman–Crippen MR) is 80.2 cm³/mol. The van der Waals surface area contributed by atoms with E-state index in [9.17, 15) is 18.0 Å². The van der Waals surface area contributed by atoms with Crippen molar-refractivity contribution in [3.63, 3.8) is 0 Å². The van der Waals surface area contributed by atoms with Gasteiger partial charge in [0.1, 0.15) is 0 Å². The fourth-order valence-electron chi connectivity index (χ4n) is 2.59. The van der Waals surface area contributed by atoms with E-state index in [1.165, 1.54) is 5.56 Å². The molecule has 0 radical (unpaired) electrons. The van der Waals surface area contributed by atoms with Crippen LogP contribution in [0.15, 0.2) is 38.8 Å². The van der Waals surface area contributed by atoms with Gasteiger partial charge in [0.15, 0.2) is 0 Å². The van der Waals surface area contributed by atoms with Gasteiger partial charge < -0.3 is 4.98 Å². The average Bonchev–Trinajstić information content (AvgIpc) is 2.91. The number of hydrogen-bond donors (Lipinski definition) is 3. The van der Waals surface area contributed by atoms with Crippen LogP contribution >= 0.6 is 0 Å². The molecule has 0 fully saturated rings. The van der Waals surface area contributed by atoms with Crippen molar-refractivity contribution in [2.75, 3.05) is 0 Å². The Hall–Kier alpha value is -2.19. The second kappa shape index (κ2) is 5.54. The third-order valence-corrected chi connectivity index (χ3v) is 5.05. The SMILES string of the molecule is O=c1cc(CNS(=O)(=O)c2ccc3c(c2)CCC3)[nH]c(=O)[nH]1. The molecule has 0 unspecified atom stereocenters. The fourth-order valence-corrected chi connectivity index (χ4v) is 3.64. The molecular formula is C14H15N3O4S. The molecule has 22 heavy (non-hydrogen) atoms. The lowest BCUT2D eigenvalue weighted by molar-refractivity contribution is 0.580. The number of sulfonamides is 1. The second-order valence-corrected chi connectivity index (χ2v) is 6.99. The van der Waals surface area contributed by atoms with E-state index in [-0.39, 0.29) is 17.1 Å². The topological polar surface area (TPSA) is 112 Å². The summed E-state index contributed by atoms with van der Waals surface area (Å²) in [4.78, 5) is 26.9. The molecule has 7 nitrogen and oxygen atoms in total. The summed E-state index contributed by atoms with van der Waals surface area (Å²) in [6, 6.07) is 6.25. The maximum absolute atomic E-state index is 12.3. The molecule has 1 aliphatic carbocycles. The first-order valence-corrected chi connectivity index (χ1v) is 8.36. The van der Waals surface area contributed by atoms with Crippen LogP contribution in [-0.4, -0.2) is 18.4 Å². The molecule has 8 heteroatoms. The Morgan fingerprint density at radius 3 is 2.59 bits per heavy atom. The van der Waals surface area contributed by atoms with Crippen molar-refractivity contribution in [2.24, 2.45) is 0 Å². The molecular weight excluding hydrogens is 306 g/mol. The molecule has 3 rings (SSSR count). The maximum atomic E-state index is 12.3. The van der Waals surface area contributed by atoms with Gasteiger partial charge in [-0.2, -0.15) is 0 Å². The highest BCUT2D eigenvalue weighted by atomic mass is 32.2. The standard InChI is InChI=1S/C14H15N3O4S/c18-13-7-11(16-14(19)17-13)8-15-22(20,21)12-5-4-9-2-1-3-10(9)6-12/h4-7,15H,1-3,8H2,(H2,16,17,18,19). The Morgan fingerprint density at radius 2 is 1.82 bits per heavy atom.